The second-order valence-corrected chi connectivity index (χ2v) is 9.31. The van der Waals surface area contributed by atoms with E-state index < -0.39 is 0 Å². The lowest BCUT2D eigenvalue weighted by molar-refractivity contribution is -0.0121. The van der Waals surface area contributed by atoms with E-state index in [1.807, 2.05) is 13.1 Å². The highest BCUT2D eigenvalue weighted by molar-refractivity contribution is 7.99. The Bertz CT molecular complexity index is 711. The Hall–Kier alpha value is -1.64. The fraction of sp³-hybridized carbons (Fsp3) is 0.682. The van der Waals surface area contributed by atoms with Gasteiger partial charge in [0.25, 0.3) is 0 Å². The Morgan fingerprint density at radius 2 is 2.00 bits per heavy atom. The van der Waals surface area contributed by atoms with Crippen molar-refractivity contribution in [3.05, 3.63) is 24.3 Å². The molecule has 166 valence electrons. The molecule has 0 bridgehead atoms. The van der Waals surface area contributed by atoms with Crippen LogP contribution in [0, 0.1) is 0 Å². The van der Waals surface area contributed by atoms with E-state index in [0.29, 0.717) is 0 Å². The minimum Gasteiger partial charge on any atom is -0.497 e. The maximum atomic E-state index is 5.59. The van der Waals surface area contributed by atoms with Crippen molar-refractivity contribution < 1.29 is 9.47 Å². The average Bonchev–Trinajstić information content (AvgIpc) is 3.31. The second kappa shape index (κ2) is 10.1. The summed E-state index contributed by atoms with van der Waals surface area (Å²) < 4.78 is 11.0. The Labute approximate surface area is 184 Å². The minimum absolute atomic E-state index is 0.229. The van der Waals surface area contributed by atoms with Crippen LogP contribution in [0.1, 0.15) is 6.42 Å². The number of hydrogen-bond donors (Lipinski definition) is 1. The van der Waals surface area contributed by atoms with Crippen molar-refractivity contribution >= 4 is 23.4 Å². The summed E-state index contributed by atoms with van der Waals surface area (Å²) in [6.07, 6.45) is 1.24. The summed E-state index contributed by atoms with van der Waals surface area (Å²) >= 11 is 2.08. The van der Waals surface area contributed by atoms with E-state index in [2.05, 4.69) is 55.0 Å². The molecule has 1 atom stereocenters. The Balaban J connectivity index is 1.33. The molecule has 3 aliphatic heterocycles. The number of hydrogen-bond acceptors (Lipinski definition) is 6. The van der Waals surface area contributed by atoms with Gasteiger partial charge in [-0.3, -0.25) is 9.89 Å². The van der Waals surface area contributed by atoms with Crippen LogP contribution in [0.5, 0.6) is 5.75 Å². The van der Waals surface area contributed by atoms with Gasteiger partial charge in [0.1, 0.15) is 5.75 Å². The number of nitrogens with one attached hydrogen (secondary N) is 1. The van der Waals surface area contributed by atoms with E-state index in [1.54, 1.807) is 7.11 Å². The molecule has 4 rings (SSSR count). The molecule has 7 nitrogen and oxygen atoms in total. The van der Waals surface area contributed by atoms with Gasteiger partial charge in [0.05, 0.1) is 20.3 Å². The van der Waals surface area contributed by atoms with E-state index in [0.717, 1.165) is 70.7 Å². The van der Waals surface area contributed by atoms with Crippen LogP contribution in [0.4, 0.5) is 5.69 Å². The van der Waals surface area contributed by atoms with E-state index in [1.165, 1.54) is 23.6 Å². The van der Waals surface area contributed by atoms with Crippen LogP contribution < -0.4 is 15.0 Å². The zero-order valence-corrected chi connectivity index (χ0v) is 19.1. The molecule has 0 aromatic heterocycles. The molecule has 3 aliphatic rings. The number of thioether (sulfide) groups is 1. The SMILES string of the molecule is CN=C(NCC1(N2CCOCC2)CCSC1)N1CCN(c2cccc(OC)c2)CC1. The first kappa shape index (κ1) is 21.6. The third kappa shape index (κ3) is 4.81. The largest absolute Gasteiger partial charge is 0.497 e. The predicted molar refractivity (Wildman–Crippen MR) is 125 cm³/mol. The quantitative estimate of drug-likeness (QED) is 0.559. The van der Waals surface area contributed by atoms with Gasteiger partial charge in [-0.05, 0) is 24.3 Å². The fourth-order valence-corrected chi connectivity index (χ4v) is 6.17. The number of anilines is 1. The van der Waals surface area contributed by atoms with Crippen LogP contribution in [0.3, 0.4) is 0 Å². The highest BCUT2D eigenvalue weighted by Gasteiger charge is 2.41. The van der Waals surface area contributed by atoms with E-state index in [9.17, 15) is 0 Å². The molecule has 3 fully saturated rings. The van der Waals surface area contributed by atoms with Crippen molar-refractivity contribution in [3.63, 3.8) is 0 Å². The van der Waals surface area contributed by atoms with Gasteiger partial charge in [0.15, 0.2) is 5.96 Å². The maximum Gasteiger partial charge on any atom is 0.193 e. The Morgan fingerprint density at radius 3 is 2.67 bits per heavy atom. The van der Waals surface area contributed by atoms with E-state index in [-0.39, 0.29) is 5.54 Å². The Morgan fingerprint density at radius 1 is 1.20 bits per heavy atom. The van der Waals surface area contributed by atoms with E-state index in [4.69, 9.17) is 9.47 Å². The first-order chi connectivity index (χ1) is 14.7. The van der Waals surface area contributed by atoms with Crippen LogP contribution >= 0.6 is 11.8 Å². The molecular weight excluding hydrogens is 398 g/mol. The van der Waals surface area contributed by atoms with Gasteiger partial charge < -0.3 is 24.6 Å². The molecule has 1 N–H and O–H groups in total. The summed E-state index contributed by atoms with van der Waals surface area (Å²) in [6, 6.07) is 8.34. The van der Waals surface area contributed by atoms with Crippen molar-refractivity contribution in [1.82, 2.24) is 15.1 Å². The first-order valence-electron chi connectivity index (χ1n) is 11.0. The molecule has 30 heavy (non-hydrogen) atoms. The summed E-state index contributed by atoms with van der Waals surface area (Å²) in [5.41, 5.74) is 1.46. The molecule has 1 aromatic carbocycles. The average molecular weight is 434 g/mol. The normalized spacial score (nSPS) is 26.1. The molecule has 1 aromatic rings. The number of nitrogens with zero attached hydrogens (tertiary/aromatic N) is 4. The van der Waals surface area contributed by atoms with Gasteiger partial charge in [-0.25, -0.2) is 0 Å². The molecule has 0 amide bonds. The molecule has 0 spiro atoms. The highest BCUT2D eigenvalue weighted by Crippen LogP contribution is 2.33. The fourth-order valence-electron chi connectivity index (χ4n) is 4.69. The molecule has 0 radical (unpaired) electrons. The van der Waals surface area contributed by atoms with Gasteiger partial charge in [-0.1, -0.05) is 6.07 Å². The number of morpholine rings is 1. The molecular formula is C22H35N5O2S. The third-order valence-electron chi connectivity index (χ3n) is 6.55. The number of ether oxygens (including phenoxy) is 2. The lowest BCUT2D eigenvalue weighted by Crippen LogP contribution is -2.61. The van der Waals surface area contributed by atoms with Crippen LogP contribution in [0.2, 0.25) is 0 Å². The molecule has 3 saturated heterocycles. The van der Waals surface area contributed by atoms with Crippen LogP contribution in [0.25, 0.3) is 0 Å². The van der Waals surface area contributed by atoms with Crippen molar-refractivity contribution in [2.45, 2.75) is 12.0 Å². The highest BCUT2D eigenvalue weighted by atomic mass is 32.2. The van der Waals surface area contributed by atoms with Crippen molar-refractivity contribution in [3.8, 4) is 5.75 Å². The minimum atomic E-state index is 0.229. The maximum absolute atomic E-state index is 5.59. The van der Waals surface area contributed by atoms with Crippen molar-refractivity contribution in [1.29, 1.82) is 0 Å². The standard InChI is InChI=1S/C22H35N5O2S/c1-23-21(24-17-22(6-15-30-18-22)27-11-13-29-14-12-27)26-9-7-25(8-10-26)19-4-3-5-20(16-19)28-2/h3-5,16H,6-15,17-18H2,1-2H3,(H,23,24). The Kier molecular flexibility index (Phi) is 7.28. The topological polar surface area (TPSA) is 52.6 Å². The van der Waals surface area contributed by atoms with Crippen molar-refractivity contribution in [2.24, 2.45) is 4.99 Å². The van der Waals surface area contributed by atoms with Crippen LogP contribution in [-0.2, 0) is 4.74 Å². The lowest BCUT2D eigenvalue weighted by atomic mass is 9.95. The second-order valence-electron chi connectivity index (χ2n) is 8.20. The number of rotatable bonds is 5. The van der Waals surface area contributed by atoms with Crippen molar-refractivity contribution in [2.75, 3.05) is 89.6 Å². The molecule has 3 heterocycles. The number of piperazine rings is 1. The number of aliphatic imine (C=N–C) groups is 1. The number of guanidine groups is 1. The number of methoxy groups -OCH3 is 1. The van der Waals surface area contributed by atoms with Gasteiger partial charge in [0.2, 0.25) is 0 Å². The summed E-state index contributed by atoms with van der Waals surface area (Å²) in [4.78, 5) is 12.1. The zero-order valence-electron chi connectivity index (χ0n) is 18.3. The van der Waals surface area contributed by atoms with Gasteiger partial charge in [-0.15, -0.1) is 0 Å². The number of benzene rings is 1. The summed E-state index contributed by atoms with van der Waals surface area (Å²) in [7, 11) is 3.63. The van der Waals surface area contributed by atoms with E-state index >= 15 is 0 Å². The smallest absolute Gasteiger partial charge is 0.193 e. The van der Waals surface area contributed by atoms with Crippen LogP contribution in [-0.4, -0.2) is 106 Å². The lowest BCUT2D eigenvalue weighted by Gasteiger charge is -2.44. The predicted octanol–water partition coefficient (Wildman–Crippen LogP) is 1.60. The third-order valence-corrected chi connectivity index (χ3v) is 7.78. The molecule has 1 unspecified atom stereocenters. The summed E-state index contributed by atoms with van der Waals surface area (Å²) in [5, 5.41) is 3.73. The van der Waals surface area contributed by atoms with Gasteiger partial charge >= 0.3 is 0 Å². The summed E-state index contributed by atoms with van der Waals surface area (Å²) in [6.45, 7) is 8.66. The molecule has 0 aliphatic carbocycles. The first-order valence-corrected chi connectivity index (χ1v) is 12.1. The zero-order chi connectivity index (χ0) is 20.8. The van der Waals surface area contributed by atoms with Crippen LogP contribution in [0.15, 0.2) is 29.3 Å². The van der Waals surface area contributed by atoms with Gasteiger partial charge in [0, 0.05) is 75.9 Å². The molecule has 0 saturated carbocycles. The molecule has 8 heteroatoms. The van der Waals surface area contributed by atoms with Gasteiger partial charge in [-0.2, -0.15) is 11.8 Å². The monoisotopic (exact) mass is 433 g/mol. The summed E-state index contributed by atoms with van der Waals surface area (Å²) in [5.74, 6) is 4.39.